The van der Waals surface area contributed by atoms with Gasteiger partial charge in [-0.3, -0.25) is 0 Å². The molecular formula is C19H22ClN3O4. The van der Waals surface area contributed by atoms with E-state index in [4.69, 9.17) is 25.5 Å². The number of hydrogen-bond acceptors (Lipinski definition) is 5. The van der Waals surface area contributed by atoms with Crippen LogP contribution in [0.4, 0.5) is 4.79 Å². The van der Waals surface area contributed by atoms with Gasteiger partial charge in [-0.1, -0.05) is 11.6 Å². The number of amides is 1. The number of aromatic nitrogens is 2. The number of hydrogen-bond donors (Lipinski definition) is 2. The summed E-state index contributed by atoms with van der Waals surface area (Å²) in [7, 11) is 0. The molecular weight excluding hydrogens is 370 g/mol. The van der Waals surface area contributed by atoms with Crippen LogP contribution in [0, 0.1) is 6.92 Å². The van der Waals surface area contributed by atoms with E-state index in [2.05, 4.69) is 15.3 Å². The molecule has 2 heterocycles. The summed E-state index contributed by atoms with van der Waals surface area (Å²) in [5.74, 6) is 1.72. The van der Waals surface area contributed by atoms with Crippen LogP contribution in [0.3, 0.4) is 0 Å². The van der Waals surface area contributed by atoms with Gasteiger partial charge in [0.15, 0.2) is 6.61 Å². The summed E-state index contributed by atoms with van der Waals surface area (Å²) < 4.78 is 16.3. The number of carbonyl (C=O) groups excluding carboxylic acids is 1. The zero-order valence-corrected chi connectivity index (χ0v) is 16.4. The Balaban J connectivity index is 1.67. The molecule has 0 radical (unpaired) electrons. The molecule has 0 atom stereocenters. The number of ether oxygens (including phenoxy) is 2. The summed E-state index contributed by atoms with van der Waals surface area (Å²) in [5, 5.41) is 4.12. The van der Waals surface area contributed by atoms with Gasteiger partial charge in [-0.25, -0.2) is 9.78 Å². The van der Waals surface area contributed by atoms with Crippen molar-refractivity contribution >= 4 is 28.6 Å². The normalized spacial score (nSPS) is 11.6. The fourth-order valence-electron chi connectivity index (χ4n) is 2.47. The van der Waals surface area contributed by atoms with Gasteiger partial charge in [-0.05, 0) is 39.8 Å². The minimum absolute atomic E-state index is 0.125. The Hall–Kier alpha value is -2.67. The lowest BCUT2D eigenvalue weighted by Gasteiger charge is -2.19. The molecule has 0 saturated heterocycles. The Morgan fingerprint density at radius 1 is 1.30 bits per heavy atom. The first kappa shape index (κ1) is 19.1. The molecule has 27 heavy (non-hydrogen) atoms. The number of nitrogens with one attached hydrogen (secondary N) is 2. The third-order valence-corrected chi connectivity index (χ3v) is 3.88. The molecule has 1 aromatic carbocycles. The molecule has 8 heteroatoms. The quantitative estimate of drug-likeness (QED) is 0.656. The van der Waals surface area contributed by atoms with E-state index in [9.17, 15) is 4.79 Å². The smallest absolute Gasteiger partial charge is 0.407 e. The zero-order valence-electron chi connectivity index (χ0n) is 15.7. The van der Waals surface area contributed by atoms with Gasteiger partial charge in [-0.2, -0.15) is 0 Å². The first-order valence-corrected chi connectivity index (χ1v) is 8.87. The second-order valence-corrected chi connectivity index (χ2v) is 7.68. The summed E-state index contributed by atoms with van der Waals surface area (Å²) in [5.41, 5.74) is 1.23. The first-order chi connectivity index (χ1) is 12.7. The maximum absolute atomic E-state index is 11.8. The number of alkyl carbamates (subject to hydrolysis) is 1. The minimum atomic E-state index is -0.468. The first-order valence-electron chi connectivity index (χ1n) is 8.50. The molecule has 7 nitrogen and oxygen atoms in total. The molecule has 0 fully saturated rings. The number of rotatable bonds is 5. The molecule has 0 aliphatic heterocycles. The Morgan fingerprint density at radius 3 is 2.74 bits per heavy atom. The minimum Gasteiger partial charge on any atom is -0.482 e. The monoisotopic (exact) mass is 391 g/mol. The van der Waals surface area contributed by atoms with Crippen molar-refractivity contribution in [2.24, 2.45) is 0 Å². The van der Waals surface area contributed by atoms with E-state index < -0.39 is 6.09 Å². The van der Waals surface area contributed by atoms with Crippen molar-refractivity contribution in [2.75, 3.05) is 0 Å². The van der Waals surface area contributed by atoms with Crippen molar-refractivity contribution in [3.63, 3.8) is 0 Å². The molecule has 0 bridgehead atoms. The molecule has 0 unspecified atom stereocenters. The molecule has 2 aromatic heterocycles. The van der Waals surface area contributed by atoms with Crippen LogP contribution in [-0.4, -0.2) is 21.6 Å². The van der Waals surface area contributed by atoms with Crippen molar-refractivity contribution in [3.8, 4) is 5.75 Å². The average molecular weight is 392 g/mol. The number of H-pyrrole nitrogens is 1. The Bertz CT molecular complexity index is 956. The fraction of sp³-hybridized carbons (Fsp3) is 0.368. The lowest BCUT2D eigenvalue weighted by Crippen LogP contribution is -2.40. The van der Waals surface area contributed by atoms with Gasteiger partial charge >= 0.3 is 6.09 Å². The molecule has 3 aromatic rings. The van der Waals surface area contributed by atoms with Gasteiger partial charge in [0.25, 0.3) is 0 Å². The van der Waals surface area contributed by atoms with Gasteiger partial charge in [0.05, 0.1) is 16.9 Å². The molecule has 2 N–H and O–H groups in total. The highest BCUT2D eigenvalue weighted by atomic mass is 35.5. The number of nitrogens with zero attached hydrogens (tertiary/aromatic N) is 1. The largest absolute Gasteiger partial charge is 0.482 e. The summed E-state index contributed by atoms with van der Waals surface area (Å²) in [6.07, 6.45) is 1.17. The Morgan fingerprint density at radius 2 is 2.07 bits per heavy atom. The summed E-state index contributed by atoms with van der Waals surface area (Å²) in [6.45, 7) is 7.80. The summed E-state index contributed by atoms with van der Waals surface area (Å²) >= 11 is 6.30. The van der Waals surface area contributed by atoms with Gasteiger partial charge in [-0.15, -0.1) is 0 Å². The SMILES string of the molecule is Cc1cnc(COc2cc3[nH]c(COC(=O)NC(C)(C)C)cc3cc2Cl)o1. The lowest BCUT2D eigenvalue weighted by atomic mass is 10.1. The molecule has 0 aliphatic rings. The molecule has 1 amide bonds. The van der Waals surface area contributed by atoms with Gasteiger partial charge < -0.3 is 24.2 Å². The topological polar surface area (TPSA) is 89.4 Å². The van der Waals surface area contributed by atoms with E-state index in [0.717, 1.165) is 22.4 Å². The van der Waals surface area contributed by atoms with Crippen LogP contribution in [0.25, 0.3) is 10.9 Å². The maximum Gasteiger partial charge on any atom is 0.407 e. The maximum atomic E-state index is 11.8. The van der Waals surface area contributed by atoms with Gasteiger partial charge in [0, 0.05) is 22.5 Å². The van der Waals surface area contributed by atoms with E-state index in [0.29, 0.717) is 16.7 Å². The predicted octanol–water partition coefficient (Wildman–Crippen LogP) is 4.72. The Labute approximate surface area is 162 Å². The van der Waals surface area contributed by atoms with Crippen LogP contribution >= 0.6 is 11.6 Å². The van der Waals surface area contributed by atoms with Gasteiger partial charge in [0.1, 0.15) is 18.1 Å². The Kier molecular flexibility index (Phi) is 5.32. The van der Waals surface area contributed by atoms with Crippen LogP contribution in [-0.2, 0) is 18.0 Å². The van der Waals surface area contributed by atoms with Crippen molar-refractivity contribution < 1.29 is 18.7 Å². The number of fused-ring (bicyclic) bond motifs is 1. The van der Waals surface area contributed by atoms with E-state index >= 15 is 0 Å². The van der Waals surface area contributed by atoms with Gasteiger partial charge in [0.2, 0.25) is 5.89 Å². The molecule has 0 spiro atoms. The van der Waals surface area contributed by atoms with Crippen molar-refractivity contribution in [1.82, 2.24) is 15.3 Å². The number of aromatic amines is 1. The van der Waals surface area contributed by atoms with Crippen molar-refractivity contribution in [3.05, 3.63) is 46.8 Å². The van der Waals surface area contributed by atoms with Crippen LogP contribution in [0.1, 0.15) is 38.1 Å². The number of halogens is 1. The second-order valence-electron chi connectivity index (χ2n) is 7.27. The van der Waals surface area contributed by atoms with Crippen molar-refractivity contribution in [1.29, 1.82) is 0 Å². The highest BCUT2D eigenvalue weighted by Crippen LogP contribution is 2.31. The molecule has 3 rings (SSSR count). The zero-order chi connectivity index (χ0) is 19.6. The standard InChI is InChI=1S/C19H22ClN3O4/c1-11-8-21-17(27-11)10-25-16-7-15-12(6-14(16)20)5-13(22-15)9-26-18(24)23-19(2,3)4/h5-8,22H,9-10H2,1-4H3,(H,23,24). The van der Waals surface area contributed by atoms with E-state index in [-0.39, 0.29) is 18.8 Å². The second kappa shape index (κ2) is 7.52. The summed E-state index contributed by atoms with van der Waals surface area (Å²) in [6, 6.07) is 5.47. The lowest BCUT2D eigenvalue weighted by molar-refractivity contribution is 0.130. The van der Waals surface area contributed by atoms with E-state index in [1.807, 2.05) is 33.8 Å². The van der Waals surface area contributed by atoms with Crippen molar-refractivity contribution in [2.45, 2.75) is 46.4 Å². The van der Waals surface area contributed by atoms with Crippen LogP contribution < -0.4 is 10.1 Å². The van der Waals surface area contributed by atoms with E-state index in [1.54, 1.807) is 18.3 Å². The average Bonchev–Trinajstić information content (AvgIpc) is 3.14. The van der Waals surface area contributed by atoms with Crippen LogP contribution in [0.2, 0.25) is 5.02 Å². The van der Waals surface area contributed by atoms with E-state index in [1.165, 1.54) is 0 Å². The number of oxazole rings is 1. The van der Waals surface area contributed by atoms with Crippen LogP contribution in [0.5, 0.6) is 5.75 Å². The summed E-state index contributed by atoms with van der Waals surface area (Å²) in [4.78, 5) is 19.1. The predicted molar refractivity (Wildman–Crippen MR) is 102 cm³/mol. The number of benzene rings is 1. The third kappa shape index (κ3) is 5.17. The molecule has 0 aliphatic carbocycles. The molecule has 144 valence electrons. The highest BCUT2D eigenvalue weighted by Gasteiger charge is 2.15. The van der Waals surface area contributed by atoms with Crippen LogP contribution in [0.15, 0.2) is 28.8 Å². The highest BCUT2D eigenvalue weighted by molar-refractivity contribution is 6.32. The fourth-order valence-corrected chi connectivity index (χ4v) is 2.70. The number of aryl methyl sites for hydroxylation is 1. The third-order valence-electron chi connectivity index (χ3n) is 3.59. The molecule has 0 saturated carbocycles. The number of carbonyl (C=O) groups is 1.